The lowest BCUT2D eigenvalue weighted by molar-refractivity contribution is -0.128. The third-order valence-electron chi connectivity index (χ3n) is 7.81. The number of methoxy groups -OCH3 is 1. The van der Waals surface area contributed by atoms with Gasteiger partial charge < -0.3 is 29.3 Å². The molecule has 3 aliphatic rings. The van der Waals surface area contributed by atoms with E-state index in [1.165, 1.54) is 18.2 Å². The summed E-state index contributed by atoms with van der Waals surface area (Å²) in [7, 11) is 1.60. The molecule has 202 valence electrons. The minimum atomic E-state index is -1.04. The number of piperazine rings is 1. The fraction of sp³-hybridized carbons (Fsp3) is 0.444. The SMILES string of the molecule is C=CC(=O)N1CCN2C(=O)c3c(N4CCC(OC)C4(C)C)nc(-c4c(O)cccc4F)c(F)c3OC[C@H]2C1. The van der Waals surface area contributed by atoms with Gasteiger partial charge in [-0.3, -0.25) is 9.59 Å². The van der Waals surface area contributed by atoms with Crippen molar-refractivity contribution in [2.45, 2.75) is 38.0 Å². The maximum atomic E-state index is 16.1. The highest BCUT2D eigenvalue weighted by Gasteiger charge is 2.47. The first-order chi connectivity index (χ1) is 18.1. The van der Waals surface area contributed by atoms with Gasteiger partial charge in [-0.2, -0.15) is 0 Å². The molecule has 2 saturated heterocycles. The van der Waals surface area contributed by atoms with Crippen molar-refractivity contribution >= 4 is 17.6 Å². The number of rotatable bonds is 4. The molecule has 4 heterocycles. The van der Waals surface area contributed by atoms with Gasteiger partial charge >= 0.3 is 0 Å². The lowest BCUT2D eigenvalue weighted by atomic mass is 9.97. The molecule has 9 nitrogen and oxygen atoms in total. The molecule has 11 heteroatoms. The van der Waals surface area contributed by atoms with E-state index >= 15 is 4.39 Å². The van der Waals surface area contributed by atoms with E-state index < -0.39 is 46.1 Å². The van der Waals surface area contributed by atoms with Crippen molar-refractivity contribution in [1.82, 2.24) is 14.8 Å². The summed E-state index contributed by atoms with van der Waals surface area (Å²) < 4.78 is 42.7. The van der Waals surface area contributed by atoms with E-state index in [9.17, 15) is 19.1 Å². The second-order valence-electron chi connectivity index (χ2n) is 10.2. The summed E-state index contributed by atoms with van der Waals surface area (Å²) in [5.41, 5.74) is -1.60. The number of halogens is 2. The number of amides is 2. The van der Waals surface area contributed by atoms with Gasteiger partial charge in [0.2, 0.25) is 5.91 Å². The van der Waals surface area contributed by atoms with Crippen molar-refractivity contribution in [3.8, 4) is 22.8 Å². The summed E-state index contributed by atoms with van der Waals surface area (Å²) in [6, 6.07) is 3.10. The van der Waals surface area contributed by atoms with Crippen LogP contribution in [-0.4, -0.2) is 89.3 Å². The number of aromatic hydroxyl groups is 1. The Hall–Kier alpha value is -3.73. The quantitative estimate of drug-likeness (QED) is 0.610. The first kappa shape index (κ1) is 25.9. The van der Waals surface area contributed by atoms with E-state index in [0.717, 1.165) is 6.07 Å². The van der Waals surface area contributed by atoms with Crippen molar-refractivity contribution in [3.63, 3.8) is 0 Å². The Labute approximate surface area is 219 Å². The third kappa shape index (κ3) is 3.96. The van der Waals surface area contributed by atoms with Crippen LogP contribution in [0, 0.1) is 11.6 Å². The molecule has 38 heavy (non-hydrogen) atoms. The predicted molar refractivity (Wildman–Crippen MR) is 135 cm³/mol. The number of aromatic nitrogens is 1. The number of nitrogens with zero attached hydrogens (tertiary/aromatic N) is 4. The highest BCUT2D eigenvalue weighted by atomic mass is 19.1. The van der Waals surface area contributed by atoms with Crippen LogP contribution in [0.5, 0.6) is 11.5 Å². The Morgan fingerprint density at radius 3 is 2.68 bits per heavy atom. The highest BCUT2D eigenvalue weighted by Crippen LogP contribution is 2.45. The van der Waals surface area contributed by atoms with Gasteiger partial charge in [-0.25, -0.2) is 13.8 Å². The number of phenolic OH excluding ortho intramolecular Hbond substituents is 1. The number of pyridine rings is 1. The summed E-state index contributed by atoms with van der Waals surface area (Å²) in [6.07, 6.45) is 1.62. The molecule has 1 aromatic carbocycles. The van der Waals surface area contributed by atoms with Crippen LogP contribution in [-0.2, 0) is 9.53 Å². The molecule has 2 aromatic rings. The summed E-state index contributed by atoms with van der Waals surface area (Å²) in [5, 5.41) is 10.5. The van der Waals surface area contributed by atoms with Gasteiger partial charge in [0.05, 0.1) is 23.2 Å². The van der Waals surface area contributed by atoms with E-state index in [1.807, 2.05) is 18.7 Å². The molecule has 0 saturated carbocycles. The topological polar surface area (TPSA) is 95.4 Å². The monoisotopic (exact) mass is 528 g/mol. The maximum Gasteiger partial charge on any atom is 0.262 e. The zero-order valence-corrected chi connectivity index (χ0v) is 21.5. The number of ether oxygens (including phenoxy) is 2. The van der Waals surface area contributed by atoms with Crippen molar-refractivity contribution < 1.29 is 33.0 Å². The number of carbonyl (C=O) groups excluding carboxylic acids is 2. The second-order valence-corrected chi connectivity index (χ2v) is 10.2. The van der Waals surface area contributed by atoms with Crippen molar-refractivity contribution in [2.24, 2.45) is 0 Å². The minimum Gasteiger partial charge on any atom is -0.507 e. The van der Waals surface area contributed by atoms with Gasteiger partial charge in [0, 0.05) is 33.3 Å². The zero-order valence-electron chi connectivity index (χ0n) is 21.5. The number of hydrogen-bond donors (Lipinski definition) is 1. The third-order valence-corrected chi connectivity index (χ3v) is 7.81. The van der Waals surface area contributed by atoms with Crippen molar-refractivity contribution in [1.29, 1.82) is 0 Å². The molecule has 0 radical (unpaired) electrons. The summed E-state index contributed by atoms with van der Waals surface area (Å²) >= 11 is 0. The van der Waals surface area contributed by atoms with Crippen LogP contribution in [0.1, 0.15) is 30.6 Å². The normalized spacial score (nSPS) is 22.4. The first-order valence-electron chi connectivity index (χ1n) is 12.5. The Morgan fingerprint density at radius 1 is 1.26 bits per heavy atom. The molecule has 1 unspecified atom stereocenters. The van der Waals surface area contributed by atoms with Gasteiger partial charge in [-0.05, 0) is 38.5 Å². The molecule has 2 atom stereocenters. The van der Waals surface area contributed by atoms with Crippen molar-refractivity contribution in [2.75, 3.05) is 44.8 Å². The number of carbonyl (C=O) groups is 2. The summed E-state index contributed by atoms with van der Waals surface area (Å²) in [5.74, 6) is -3.40. The second kappa shape index (κ2) is 9.54. The van der Waals surface area contributed by atoms with Crippen LogP contribution < -0.4 is 9.64 Å². The van der Waals surface area contributed by atoms with Crippen LogP contribution >= 0.6 is 0 Å². The van der Waals surface area contributed by atoms with Crippen molar-refractivity contribution in [3.05, 3.63) is 48.1 Å². The fourth-order valence-corrected chi connectivity index (χ4v) is 5.73. The lowest BCUT2D eigenvalue weighted by Crippen LogP contribution is -2.57. The van der Waals surface area contributed by atoms with E-state index in [1.54, 1.807) is 16.9 Å². The minimum absolute atomic E-state index is 0.0714. The number of fused-ring (bicyclic) bond motifs is 2. The molecular weight excluding hydrogens is 498 g/mol. The molecule has 0 spiro atoms. The molecule has 3 aliphatic heterocycles. The molecule has 1 aromatic heterocycles. The number of benzene rings is 1. The number of hydrogen-bond acceptors (Lipinski definition) is 7. The van der Waals surface area contributed by atoms with Crippen LogP contribution in [0.15, 0.2) is 30.9 Å². The van der Waals surface area contributed by atoms with Crippen LogP contribution in [0.25, 0.3) is 11.3 Å². The van der Waals surface area contributed by atoms with Crippen LogP contribution in [0.4, 0.5) is 14.6 Å². The molecule has 2 fully saturated rings. The van der Waals surface area contributed by atoms with Gasteiger partial charge in [0.15, 0.2) is 11.6 Å². The maximum absolute atomic E-state index is 16.1. The largest absolute Gasteiger partial charge is 0.507 e. The first-order valence-corrected chi connectivity index (χ1v) is 12.5. The molecule has 0 aliphatic carbocycles. The Morgan fingerprint density at radius 2 is 2.03 bits per heavy atom. The average Bonchev–Trinajstić information content (AvgIpc) is 3.11. The predicted octanol–water partition coefficient (Wildman–Crippen LogP) is 2.97. The average molecular weight is 529 g/mol. The Balaban J connectivity index is 1.70. The van der Waals surface area contributed by atoms with Gasteiger partial charge in [0.25, 0.3) is 5.91 Å². The molecule has 5 rings (SSSR count). The Kier molecular flexibility index (Phi) is 6.50. The zero-order chi connectivity index (χ0) is 27.4. The molecular formula is C27H30F2N4O5. The molecule has 1 N–H and O–H groups in total. The lowest BCUT2D eigenvalue weighted by Gasteiger charge is -2.40. The van der Waals surface area contributed by atoms with E-state index in [-0.39, 0.29) is 55.4 Å². The highest BCUT2D eigenvalue weighted by molar-refractivity contribution is 6.03. The summed E-state index contributed by atoms with van der Waals surface area (Å²) in [4.78, 5) is 35.7. The van der Waals surface area contributed by atoms with Gasteiger partial charge in [0.1, 0.15) is 35.2 Å². The van der Waals surface area contributed by atoms with Gasteiger partial charge in [-0.15, -0.1) is 0 Å². The molecule has 2 amide bonds. The Bertz CT molecular complexity index is 1300. The van der Waals surface area contributed by atoms with E-state index in [0.29, 0.717) is 13.0 Å². The van der Waals surface area contributed by atoms with Crippen LogP contribution in [0.3, 0.4) is 0 Å². The number of phenols is 1. The smallest absolute Gasteiger partial charge is 0.262 e. The van der Waals surface area contributed by atoms with E-state index in [4.69, 9.17) is 9.47 Å². The standard InChI is InChI=1S/C27H30F2N4O5/c1-5-19(35)31-11-12-32-15(13-31)14-38-24-21(26(32)36)25(33-10-9-18(37-4)27(33,2)3)30-23(22(24)29)20-16(28)7-6-8-17(20)34/h5-8,15,18,34H,1,9-14H2,2-4H3/t15-,18?/m1/s1. The number of anilines is 1. The molecule has 0 bridgehead atoms. The van der Waals surface area contributed by atoms with Crippen LogP contribution in [0.2, 0.25) is 0 Å². The van der Waals surface area contributed by atoms with Gasteiger partial charge in [-0.1, -0.05) is 12.6 Å². The van der Waals surface area contributed by atoms with E-state index in [2.05, 4.69) is 11.6 Å². The summed E-state index contributed by atoms with van der Waals surface area (Å²) in [6.45, 7) is 8.42. The fourth-order valence-electron chi connectivity index (χ4n) is 5.73.